The molecule has 0 saturated heterocycles. The lowest BCUT2D eigenvalue weighted by atomic mass is 10.1. The molecule has 1 N–H and O–H groups in total. The van der Waals surface area contributed by atoms with Crippen molar-refractivity contribution in [3.63, 3.8) is 0 Å². The van der Waals surface area contributed by atoms with Gasteiger partial charge in [0.15, 0.2) is 0 Å². The van der Waals surface area contributed by atoms with Gasteiger partial charge in [0, 0.05) is 12.6 Å². The molecule has 0 saturated carbocycles. The van der Waals surface area contributed by atoms with Crippen LogP contribution in [0.4, 0.5) is 5.69 Å². The first-order valence-corrected chi connectivity index (χ1v) is 15.9. The van der Waals surface area contributed by atoms with E-state index in [0.717, 1.165) is 28.1 Å². The molecule has 3 aromatic carbocycles. The molecule has 0 aliphatic rings. The van der Waals surface area contributed by atoms with E-state index < -0.39 is 28.5 Å². The van der Waals surface area contributed by atoms with Crippen LogP contribution in [-0.2, 0) is 32.8 Å². The molecule has 0 aliphatic carbocycles. The van der Waals surface area contributed by atoms with Crippen molar-refractivity contribution in [1.29, 1.82) is 0 Å². The Morgan fingerprint density at radius 3 is 2.02 bits per heavy atom. The van der Waals surface area contributed by atoms with Crippen LogP contribution in [0.3, 0.4) is 0 Å². The number of methoxy groups -OCH3 is 1. The van der Waals surface area contributed by atoms with Crippen molar-refractivity contribution >= 4 is 27.5 Å². The number of carbonyl (C=O) groups excluding carboxylic acids is 2. The van der Waals surface area contributed by atoms with Gasteiger partial charge in [0.05, 0.1) is 19.1 Å². The third kappa shape index (κ3) is 9.24. The van der Waals surface area contributed by atoms with E-state index in [1.807, 2.05) is 63.2 Å². The summed E-state index contributed by atoms with van der Waals surface area (Å²) in [4.78, 5) is 28.6. The highest BCUT2D eigenvalue weighted by atomic mass is 32.2. The summed E-state index contributed by atoms with van der Waals surface area (Å²) in [6.07, 6.45) is 2.15. The van der Waals surface area contributed by atoms with Gasteiger partial charge < -0.3 is 19.7 Å². The molecule has 9 nitrogen and oxygen atoms in total. The fraction of sp³-hybridized carbons (Fsp3) is 0.375. The highest BCUT2D eigenvalue weighted by Gasteiger charge is 2.32. The third-order valence-corrected chi connectivity index (χ3v) is 8.09. The number of hydrogen-bond acceptors (Lipinski definition) is 6. The molecule has 0 radical (unpaired) electrons. The predicted octanol–water partition coefficient (Wildman–Crippen LogP) is 4.76. The van der Waals surface area contributed by atoms with E-state index in [4.69, 9.17) is 9.47 Å². The van der Waals surface area contributed by atoms with Gasteiger partial charge in [-0.1, -0.05) is 56.3 Å². The molecule has 10 heteroatoms. The van der Waals surface area contributed by atoms with Crippen molar-refractivity contribution in [1.82, 2.24) is 10.2 Å². The molecular weight excluding hydrogens is 554 g/mol. The largest absolute Gasteiger partial charge is 0.497 e. The van der Waals surface area contributed by atoms with Crippen LogP contribution in [0, 0.1) is 0 Å². The molecular formula is C32H41N3O6S. The lowest BCUT2D eigenvalue weighted by Crippen LogP contribution is -2.53. The van der Waals surface area contributed by atoms with Crippen LogP contribution in [0.15, 0.2) is 78.9 Å². The van der Waals surface area contributed by atoms with E-state index in [2.05, 4.69) is 5.32 Å². The van der Waals surface area contributed by atoms with Gasteiger partial charge in [0.25, 0.3) is 0 Å². The van der Waals surface area contributed by atoms with Crippen LogP contribution in [0.1, 0.15) is 44.7 Å². The van der Waals surface area contributed by atoms with Gasteiger partial charge in [0.1, 0.15) is 30.7 Å². The summed E-state index contributed by atoms with van der Waals surface area (Å²) in [5.41, 5.74) is 2.11. The molecule has 3 aromatic rings. The minimum absolute atomic E-state index is 0.0698. The topological polar surface area (TPSA) is 105 Å². The second kappa shape index (κ2) is 15.3. The molecule has 0 spiro atoms. The average Bonchev–Trinajstić information content (AvgIpc) is 2.99. The van der Waals surface area contributed by atoms with Gasteiger partial charge in [-0.25, -0.2) is 8.42 Å². The monoisotopic (exact) mass is 595 g/mol. The zero-order chi connectivity index (χ0) is 30.7. The number of sulfonamides is 1. The summed E-state index contributed by atoms with van der Waals surface area (Å²) in [5, 5.41) is 2.97. The van der Waals surface area contributed by atoms with Crippen LogP contribution in [0.25, 0.3) is 0 Å². The Hall–Kier alpha value is -4.05. The van der Waals surface area contributed by atoms with E-state index in [1.165, 1.54) is 4.90 Å². The molecule has 2 unspecified atom stereocenters. The quantitative estimate of drug-likeness (QED) is 0.272. The van der Waals surface area contributed by atoms with Crippen molar-refractivity contribution in [3.05, 3.63) is 90.0 Å². The maximum atomic E-state index is 13.9. The van der Waals surface area contributed by atoms with Gasteiger partial charge in [-0.3, -0.25) is 13.9 Å². The second-order valence-electron chi connectivity index (χ2n) is 10.1. The molecule has 0 bridgehead atoms. The number of amides is 2. The number of rotatable bonds is 15. The maximum Gasteiger partial charge on any atom is 0.244 e. The molecule has 0 aromatic heterocycles. The normalized spacial score (nSPS) is 12.6. The minimum Gasteiger partial charge on any atom is -0.497 e. The fourth-order valence-electron chi connectivity index (χ4n) is 4.35. The van der Waals surface area contributed by atoms with Gasteiger partial charge in [0.2, 0.25) is 21.8 Å². The van der Waals surface area contributed by atoms with E-state index in [-0.39, 0.29) is 18.5 Å². The first-order chi connectivity index (χ1) is 20.0. The number of ether oxygens (including phenoxy) is 2. The standard InChI is InChI=1S/C32H41N3O6S/c1-6-24(3)33-32(37)30(7-2)34(21-25-13-17-28(40-4)18-14-25)31(36)22-35(42(5,38)39)27-15-19-29(20-16-27)41-23-26-11-9-8-10-12-26/h8-20,24,30H,6-7,21-23H2,1-5H3,(H,33,37). The molecule has 2 atom stereocenters. The third-order valence-electron chi connectivity index (χ3n) is 6.95. The Labute approximate surface area is 249 Å². The van der Waals surface area contributed by atoms with E-state index in [1.54, 1.807) is 43.5 Å². The first-order valence-electron chi connectivity index (χ1n) is 14.0. The van der Waals surface area contributed by atoms with Crippen molar-refractivity contribution in [2.75, 3.05) is 24.2 Å². The molecule has 226 valence electrons. The number of nitrogens with zero attached hydrogens (tertiary/aromatic N) is 2. The van der Waals surface area contributed by atoms with Gasteiger partial charge in [-0.15, -0.1) is 0 Å². The number of hydrogen-bond donors (Lipinski definition) is 1. The maximum absolute atomic E-state index is 13.9. The van der Waals surface area contributed by atoms with Crippen LogP contribution < -0.4 is 19.1 Å². The van der Waals surface area contributed by atoms with Crippen molar-refractivity contribution in [2.24, 2.45) is 0 Å². The Balaban J connectivity index is 1.86. The molecule has 3 rings (SSSR count). The number of nitrogens with one attached hydrogen (secondary N) is 1. The minimum atomic E-state index is -3.84. The summed E-state index contributed by atoms with van der Waals surface area (Å²) >= 11 is 0. The van der Waals surface area contributed by atoms with Crippen LogP contribution in [0.5, 0.6) is 11.5 Å². The zero-order valence-corrected chi connectivity index (χ0v) is 25.8. The van der Waals surface area contributed by atoms with Crippen LogP contribution in [-0.4, -0.2) is 57.1 Å². The zero-order valence-electron chi connectivity index (χ0n) is 24.9. The van der Waals surface area contributed by atoms with E-state index in [0.29, 0.717) is 30.2 Å². The van der Waals surface area contributed by atoms with Gasteiger partial charge >= 0.3 is 0 Å². The second-order valence-corrected chi connectivity index (χ2v) is 12.1. The summed E-state index contributed by atoms with van der Waals surface area (Å²) in [6, 6.07) is 22.6. The summed E-state index contributed by atoms with van der Waals surface area (Å²) in [6.45, 7) is 5.72. The SMILES string of the molecule is CCC(C)NC(=O)C(CC)N(Cc1ccc(OC)cc1)C(=O)CN(c1ccc(OCc2ccccc2)cc1)S(C)(=O)=O. The van der Waals surface area contributed by atoms with Crippen LogP contribution >= 0.6 is 0 Å². The molecule has 0 heterocycles. The summed E-state index contributed by atoms with van der Waals surface area (Å²) in [5.74, 6) is 0.459. The van der Waals surface area contributed by atoms with E-state index >= 15 is 0 Å². The Morgan fingerprint density at radius 1 is 0.857 bits per heavy atom. The molecule has 0 aliphatic heterocycles. The molecule has 0 fully saturated rings. The highest BCUT2D eigenvalue weighted by Crippen LogP contribution is 2.24. The van der Waals surface area contributed by atoms with Crippen LogP contribution in [0.2, 0.25) is 0 Å². The molecule has 2 amide bonds. The Bertz CT molecular complexity index is 1400. The predicted molar refractivity (Wildman–Crippen MR) is 165 cm³/mol. The lowest BCUT2D eigenvalue weighted by Gasteiger charge is -2.33. The average molecular weight is 596 g/mol. The van der Waals surface area contributed by atoms with Crippen molar-refractivity contribution in [3.8, 4) is 11.5 Å². The Morgan fingerprint density at radius 2 is 1.48 bits per heavy atom. The summed E-state index contributed by atoms with van der Waals surface area (Å²) < 4.78 is 37.9. The number of anilines is 1. The summed E-state index contributed by atoms with van der Waals surface area (Å²) in [7, 11) is -2.28. The van der Waals surface area contributed by atoms with Crippen molar-refractivity contribution < 1.29 is 27.5 Å². The first kappa shape index (κ1) is 32.5. The smallest absolute Gasteiger partial charge is 0.244 e. The van der Waals surface area contributed by atoms with Crippen molar-refractivity contribution in [2.45, 2.75) is 58.8 Å². The Kier molecular flexibility index (Phi) is 11.8. The van der Waals surface area contributed by atoms with Gasteiger partial charge in [-0.05, 0) is 67.3 Å². The van der Waals surface area contributed by atoms with Gasteiger partial charge in [-0.2, -0.15) is 0 Å². The van der Waals surface area contributed by atoms with E-state index in [9.17, 15) is 18.0 Å². The lowest BCUT2D eigenvalue weighted by molar-refractivity contribution is -0.140. The molecule has 42 heavy (non-hydrogen) atoms. The fourth-order valence-corrected chi connectivity index (χ4v) is 5.20. The number of carbonyl (C=O) groups is 2. The number of benzene rings is 3. The highest BCUT2D eigenvalue weighted by molar-refractivity contribution is 7.92.